The number of hydrogen-bond acceptors (Lipinski definition) is 4. The number of nitrogens with one attached hydrogen (secondary N) is 1. The van der Waals surface area contributed by atoms with Crippen molar-refractivity contribution in [1.29, 1.82) is 0 Å². The molecule has 0 spiro atoms. The van der Waals surface area contributed by atoms with Crippen LogP contribution in [0.3, 0.4) is 0 Å². The van der Waals surface area contributed by atoms with Crippen molar-refractivity contribution in [1.82, 2.24) is 9.21 Å². The highest BCUT2D eigenvalue weighted by Crippen LogP contribution is 2.20. The number of nitrogens with zero attached hydrogens (tertiary/aromatic N) is 2. The molecule has 0 aliphatic carbocycles. The van der Waals surface area contributed by atoms with Crippen LogP contribution < -0.4 is 5.32 Å². The molecule has 3 rings (SSSR count). The summed E-state index contributed by atoms with van der Waals surface area (Å²) in [4.78, 5) is 15.0. The van der Waals surface area contributed by atoms with Gasteiger partial charge in [0.25, 0.3) is 0 Å². The second-order valence-corrected chi connectivity index (χ2v) is 9.17. The molecule has 1 amide bonds. The molecule has 1 saturated heterocycles. The van der Waals surface area contributed by atoms with Crippen LogP contribution in [0.2, 0.25) is 0 Å². The Morgan fingerprint density at radius 2 is 1.57 bits per heavy atom. The molecule has 150 valence electrons. The van der Waals surface area contributed by atoms with E-state index in [0.29, 0.717) is 31.1 Å². The first-order valence-corrected chi connectivity index (χ1v) is 10.9. The topological polar surface area (TPSA) is 69.7 Å². The molecular formula is C21H27N3O3S. The minimum absolute atomic E-state index is 0.0795. The minimum atomic E-state index is -3.50. The first kappa shape index (κ1) is 20.5. The maximum atomic E-state index is 12.8. The Morgan fingerprint density at radius 3 is 2.18 bits per heavy atom. The summed E-state index contributed by atoms with van der Waals surface area (Å²) >= 11 is 0. The van der Waals surface area contributed by atoms with Crippen LogP contribution in [0.25, 0.3) is 0 Å². The molecule has 1 aliphatic heterocycles. The van der Waals surface area contributed by atoms with Gasteiger partial charge in [0.1, 0.15) is 0 Å². The van der Waals surface area contributed by atoms with Crippen molar-refractivity contribution in [3.05, 3.63) is 59.7 Å². The Hall–Kier alpha value is -2.22. The van der Waals surface area contributed by atoms with Crippen LogP contribution in [-0.2, 0) is 14.8 Å². The SMILES string of the molecule is Cc1ccc(S(=O)(=O)N2CCN(C(C)C(=O)Nc3ccccc3C)CC2)cc1. The molecule has 6 nitrogen and oxygen atoms in total. The standard InChI is InChI=1S/C21H27N3O3S/c1-16-8-10-19(11-9-16)28(26,27)24-14-12-23(13-15-24)18(3)21(25)22-20-7-5-4-6-17(20)2/h4-11,18H,12-15H2,1-3H3,(H,22,25). The summed E-state index contributed by atoms with van der Waals surface area (Å²) in [6.07, 6.45) is 0. The fourth-order valence-corrected chi connectivity index (χ4v) is 4.73. The molecule has 2 aromatic carbocycles. The number of sulfonamides is 1. The fraction of sp³-hybridized carbons (Fsp3) is 0.381. The Balaban J connectivity index is 1.60. The summed E-state index contributed by atoms with van der Waals surface area (Å²) in [5.74, 6) is -0.0795. The lowest BCUT2D eigenvalue weighted by atomic mass is 10.2. The summed E-state index contributed by atoms with van der Waals surface area (Å²) < 4.78 is 27.1. The number of para-hydroxylation sites is 1. The highest BCUT2D eigenvalue weighted by molar-refractivity contribution is 7.89. The van der Waals surface area contributed by atoms with E-state index in [2.05, 4.69) is 5.32 Å². The zero-order valence-corrected chi connectivity index (χ0v) is 17.4. The van der Waals surface area contributed by atoms with E-state index in [1.54, 1.807) is 24.3 Å². The number of benzene rings is 2. The predicted molar refractivity (Wildman–Crippen MR) is 111 cm³/mol. The molecular weight excluding hydrogens is 374 g/mol. The van der Waals surface area contributed by atoms with Crippen LogP contribution in [0.15, 0.2) is 53.4 Å². The van der Waals surface area contributed by atoms with Crippen molar-refractivity contribution < 1.29 is 13.2 Å². The number of rotatable bonds is 5. The molecule has 1 aliphatic rings. The van der Waals surface area contributed by atoms with E-state index < -0.39 is 10.0 Å². The number of piperazine rings is 1. The van der Waals surface area contributed by atoms with E-state index >= 15 is 0 Å². The van der Waals surface area contributed by atoms with Crippen LogP contribution in [0.1, 0.15) is 18.1 Å². The molecule has 1 fully saturated rings. The van der Waals surface area contributed by atoms with E-state index in [9.17, 15) is 13.2 Å². The quantitative estimate of drug-likeness (QED) is 0.836. The van der Waals surface area contributed by atoms with Gasteiger partial charge < -0.3 is 5.32 Å². The van der Waals surface area contributed by atoms with Crippen molar-refractivity contribution >= 4 is 21.6 Å². The second-order valence-electron chi connectivity index (χ2n) is 7.23. The zero-order valence-electron chi connectivity index (χ0n) is 16.6. The molecule has 0 radical (unpaired) electrons. The van der Waals surface area contributed by atoms with Gasteiger partial charge in [-0.3, -0.25) is 9.69 Å². The smallest absolute Gasteiger partial charge is 0.243 e. The zero-order chi connectivity index (χ0) is 20.3. The van der Waals surface area contributed by atoms with E-state index in [1.807, 2.05) is 49.9 Å². The van der Waals surface area contributed by atoms with Gasteiger partial charge in [0.2, 0.25) is 15.9 Å². The van der Waals surface area contributed by atoms with Crippen LogP contribution in [-0.4, -0.2) is 55.8 Å². The predicted octanol–water partition coefficient (Wildman–Crippen LogP) is 2.64. The van der Waals surface area contributed by atoms with Crippen LogP contribution in [0, 0.1) is 13.8 Å². The van der Waals surface area contributed by atoms with Crippen LogP contribution >= 0.6 is 0 Å². The summed E-state index contributed by atoms with van der Waals surface area (Å²) in [6, 6.07) is 14.2. The van der Waals surface area contributed by atoms with Gasteiger partial charge >= 0.3 is 0 Å². The van der Waals surface area contributed by atoms with Gasteiger partial charge in [-0.2, -0.15) is 4.31 Å². The molecule has 1 heterocycles. The lowest BCUT2D eigenvalue weighted by molar-refractivity contribution is -0.121. The Kier molecular flexibility index (Phi) is 6.17. The third kappa shape index (κ3) is 4.43. The molecule has 2 aromatic rings. The van der Waals surface area contributed by atoms with Gasteiger partial charge in [-0.25, -0.2) is 8.42 Å². The third-order valence-electron chi connectivity index (χ3n) is 5.26. The van der Waals surface area contributed by atoms with E-state index in [1.165, 1.54) is 4.31 Å². The molecule has 1 atom stereocenters. The van der Waals surface area contributed by atoms with Gasteiger partial charge in [0.15, 0.2) is 0 Å². The molecule has 1 unspecified atom stereocenters. The summed E-state index contributed by atoms with van der Waals surface area (Å²) in [5, 5.41) is 2.97. The molecule has 0 aromatic heterocycles. The molecule has 7 heteroatoms. The summed E-state index contributed by atoms with van der Waals surface area (Å²) in [7, 11) is -3.50. The normalized spacial score (nSPS) is 17.2. The lowest BCUT2D eigenvalue weighted by Crippen LogP contribution is -2.53. The molecule has 0 saturated carbocycles. The van der Waals surface area contributed by atoms with E-state index in [-0.39, 0.29) is 11.9 Å². The fourth-order valence-electron chi connectivity index (χ4n) is 3.31. The van der Waals surface area contributed by atoms with Crippen LogP contribution in [0.5, 0.6) is 0 Å². The van der Waals surface area contributed by atoms with Crippen molar-refractivity contribution in [2.45, 2.75) is 31.7 Å². The highest BCUT2D eigenvalue weighted by atomic mass is 32.2. The highest BCUT2D eigenvalue weighted by Gasteiger charge is 2.31. The summed E-state index contributed by atoms with van der Waals surface area (Å²) in [5.41, 5.74) is 2.84. The number of hydrogen-bond donors (Lipinski definition) is 1. The van der Waals surface area contributed by atoms with Crippen molar-refractivity contribution in [2.24, 2.45) is 0 Å². The third-order valence-corrected chi connectivity index (χ3v) is 7.17. The Bertz CT molecular complexity index is 934. The number of anilines is 1. The van der Waals surface area contributed by atoms with Crippen LogP contribution in [0.4, 0.5) is 5.69 Å². The largest absolute Gasteiger partial charge is 0.324 e. The minimum Gasteiger partial charge on any atom is -0.324 e. The van der Waals surface area contributed by atoms with Crippen molar-refractivity contribution in [3.63, 3.8) is 0 Å². The molecule has 0 bridgehead atoms. The second kappa shape index (κ2) is 8.43. The monoisotopic (exact) mass is 401 g/mol. The first-order valence-electron chi connectivity index (χ1n) is 9.46. The van der Waals surface area contributed by atoms with Gasteiger partial charge in [-0.05, 0) is 44.5 Å². The van der Waals surface area contributed by atoms with Gasteiger partial charge in [-0.15, -0.1) is 0 Å². The number of carbonyl (C=O) groups excluding carboxylic acids is 1. The number of carbonyl (C=O) groups is 1. The van der Waals surface area contributed by atoms with Crippen molar-refractivity contribution in [3.8, 4) is 0 Å². The lowest BCUT2D eigenvalue weighted by Gasteiger charge is -2.36. The average Bonchev–Trinajstić information content (AvgIpc) is 2.69. The van der Waals surface area contributed by atoms with Gasteiger partial charge in [0, 0.05) is 31.9 Å². The number of amides is 1. The first-order chi connectivity index (χ1) is 13.3. The Labute approximate surface area is 167 Å². The van der Waals surface area contributed by atoms with E-state index in [0.717, 1.165) is 16.8 Å². The van der Waals surface area contributed by atoms with Gasteiger partial charge in [-0.1, -0.05) is 35.9 Å². The van der Waals surface area contributed by atoms with E-state index in [4.69, 9.17) is 0 Å². The number of aryl methyl sites for hydroxylation is 2. The Morgan fingerprint density at radius 1 is 0.964 bits per heavy atom. The van der Waals surface area contributed by atoms with Gasteiger partial charge in [0.05, 0.1) is 10.9 Å². The molecule has 1 N–H and O–H groups in total. The maximum absolute atomic E-state index is 12.8. The maximum Gasteiger partial charge on any atom is 0.243 e. The summed E-state index contributed by atoms with van der Waals surface area (Å²) in [6.45, 7) is 7.53. The molecule has 28 heavy (non-hydrogen) atoms. The van der Waals surface area contributed by atoms with Crippen molar-refractivity contribution in [2.75, 3.05) is 31.5 Å². The average molecular weight is 402 g/mol.